The van der Waals surface area contributed by atoms with Gasteiger partial charge in [-0.05, 0) is 31.0 Å². The first-order valence-corrected chi connectivity index (χ1v) is 7.18. The van der Waals surface area contributed by atoms with Crippen molar-refractivity contribution in [3.8, 4) is 11.8 Å². The highest BCUT2D eigenvalue weighted by Crippen LogP contribution is 2.21. The predicted molar refractivity (Wildman–Crippen MR) is 69.1 cm³/mol. The largest absolute Gasteiger partial charge is 0.384 e. The molecule has 102 valence electrons. The zero-order valence-electron chi connectivity index (χ0n) is 9.98. The van der Waals surface area contributed by atoms with Crippen LogP contribution < -0.4 is 9.44 Å². The zero-order valence-corrected chi connectivity index (χ0v) is 10.8. The first kappa shape index (κ1) is 13.8. The normalized spacial score (nSPS) is 14.6. The summed E-state index contributed by atoms with van der Waals surface area (Å²) < 4.78 is 41.4. The van der Waals surface area contributed by atoms with Gasteiger partial charge in [0.2, 0.25) is 0 Å². The van der Waals surface area contributed by atoms with Crippen LogP contribution in [-0.4, -0.2) is 26.2 Å². The number of aliphatic hydroxyl groups is 1. The van der Waals surface area contributed by atoms with Gasteiger partial charge >= 0.3 is 0 Å². The third kappa shape index (κ3) is 4.21. The summed E-state index contributed by atoms with van der Waals surface area (Å²) in [6, 6.07) is 3.52. The van der Waals surface area contributed by atoms with Gasteiger partial charge < -0.3 is 5.11 Å². The van der Waals surface area contributed by atoms with Gasteiger partial charge in [0.15, 0.2) is 0 Å². The molecule has 1 aliphatic carbocycles. The molecule has 0 saturated heterocycles. The Bertz CT molecular complexity index is 630. The van der Waals surface area contributed by atoms with E-state index in [0.29, 0.717) is 0 Å². The van der Waals surface area contributed by atoms with Crippen molar-refractivity contribution in [3.63, 3.8) is 0 Å². The molecule has 0 aromatic heterocycles. The van der Waals surface area contributed by atoms with Gasteiger partial charge in [-0.2, -0.15) is 13.1 Å². The molecule has 0 unspecified atom stereocenters. The van der Waals surface area contributed by atoms with Crippen LogP contribution >= 0.6 is 0 Å². The second kappa shape index (κ2) is 5.57. The fourth-order valence-electron chi connectivity index (χ4n) is 1.44. The smallest absolute Gasteiger partial charge is 0.299 e. The van der Waals surface area contributed by atoms with E-state index < -0.39 is 16.0 Å². The number of hydrogen-bond donors (Lipinski definition) is 3. The first-order chi connectivity index (χ1) is 9.00. The Morgan fingerprint density at radius 3 is 2.79 bits per heavy atom. The quantitative estimate of drug-likeness (QED) is 0.708. The second-order valence-corrected chi connectivity index (χ2v) is 5.59. The summed E-state index contributed by atoms with van der Waals surface area (Å²) in [5, 5.41) is 8.63. The van der Waals surface area contributed by atoms with Crippen molar-refractivity contribution >= 4 is 15.9 Å². The van der Waals surface area contributed by atoms with Crippen molar-refractivity contribution in [2.45, 2.75) is 18.9 Å². The highest BCUT2D eigenvalue weighted by Gasteiger charge is 2.27. The average molecular weight is 284 g/mol. The van der Waals surface area contributed by atoms with Crippen LogP contribution in [0.15, 0.2) is 18.2 Å². The van der Waals surface area contributed by atoms with Crippen LogP contribution in [-0.2, 0) is 10.2 Å². The Balaban J connectivity index is 2.23. The van der Waals surface area contributed by atoms with E-state index >= 15 is 0 Å². The first-order valence-electron chi connectivity index (χ1n) is 5.69. The number of benzene rings is 1. The van der Waals surface area contributed by atoms with Gasteiger partial charge in [0.1, 0.15) is 12.4 Å². The molecule has 2 rings (SSSR count). The average Bonchev–Trinajstić information content (AvgIpc) is 3.12. The van der Waals surface area contributed by atoms with E-state index in [-0.39, 0.29) is 23.9 Å². The molecule has 3 N–H and O–H groups in total. The van der Waals surface area contributed by atoms with Crippen molar-refractivity contribution < 1.29 is 17.9 Å². The van der Waals surface area contributed by atoms with Crippen LogP contribution in [0.2, 0.25) is 0 Å². The SMILES string of the molecule is O=S(=O)(Nc1ccc(F)cc1C#CCO)NC1CC1. The van der Waals surface area contributed by atoms with Gasteiger partial charge in [-0.15, -0.1) is 0 Å². The molecular formula is C12H13FN2O3S. The van der Waals surface area contributed by atoms with Gasteiger partial charge in [0, 0.05) is 6.04 Å². The van der Waals surface area contributed by atoms with Crippen LogP contribution in [0.1, 0.15) is 18.4 Å². The van der Waals surface area contributed by atoms with Gasteiger partial charge in [0.25, 0.3) is 10.2 Å². The van der Waals surface area contributed by atoms with Crippen molar-refractivity contribution in [1.29, 1.82) is 0 Å². The molecule has 19 heavy (non-hydrogen) atoms. The minimum absolute atomic E-state index is 0.0232. The Morgan fingerprint density at radius 1 is 1.42 bits per heavy atom. The molecule has 5 nitrogen and oxygen atoms in total. The maximum Gasteiger partial charge on any atom is 0.299 e. The number of anilines is 1. The third-order valence-corrected chi connectivity index (χ3v) is 3.56. The molecule has 1 aromatic rings. The van der Waals surface area contributed by atoms with E-state index in [0.717, 1.165) is 25.0 Å². The molecule has 1 aromatic carbocycles. The zero-order chi connectivity index (χ0) is 13.9. The molecule has 1 fully saturated rings. The van der Waals surface area contributed by atoms with Crippen LogP contribution in [0.4, 0.5) is 10.1 Å². The molecule has 7 heteroatoms. The Kier molecular flexibility index (Phi) is 4.04. The number of hydrogen-bond acceptors (Lipinski definition) is 3. The van der Waals surface area contributed by atoms with Gasteiger partial charge in [-0.3, -0.25) is 4.72 Å². The maximum absolute atomic E-state index is 13.1. The fraction of sp³-hybridized carbons (Fsp3) is 0.333. The predicted octanol–water partition coefficient (Wildman–Crippen LogP) is 0.578. The Labute approximate surface area is 111 Å². The summed E-state index contributed by atoms with van der Waals surface area (Å²) >= 11 is 0. The monoisotopic (exact) mass is 284 g/mol. The highest BCUT2D eigenvalue weighted by molar-refractivity contribution is 7.90. The number of nitrogens with one attached hydrogen (secondary N) is 2. The van der Waals surface area contributed by atoms with Crippen molar-refractivity contribution in [2.75, 3.05) is 11.3 Å². The van der Waals surface area contributed by atoms with E-state index in [1.54, 1.807) is 0 Å². The summed E-state index contributed by atoms with van der Waals surface area (Å²) in [6.45, 7) is -0.386. The van der Waals surface area contributed by atoms with E-state index in [2.05, 4.69) is 21.3 Å². The molecule has 0 spiro atoms. The molecule has 0 heterocycles. The van der Waals surface area contributed by atoms with Crippen LogP contribution in [0.3, 0.4) is 0 Å². The Morgan fingerprint density at radius 2 is 2.16 bits per heavy atom. The second-order valence-electron chi connectivity index (χ2n) is 4.15. The fourth-order valence-corrected chi connectivity index (χ4v) is 2.64. The van der Waals surface area contributed by atoms with E-state index in [1.807, 2.05) is 0 Å². The van der Waals surface area contributed by atoms with Crippen LogP contribution in [0.25, 0.3) is 0 Å². The lowest BCUT2D eigenvalue weighted by molar-refractivity contribution is 0.350. The van der Waals surface area contributed by atoms with E-state index in [1.165, 1.54) is 6.07 Å². The summed E-state index contributed by atoms with van der Waals surface area (Å²) in [7, 11) is -3.68. The van der Waals surface area contributed by atoms with E-state index in [9.17, 15) is 12.8 Å². The Hall–Kier alpha value is -1.62. The molecule has 0 radical (unpaired) electrons. The minimum atomic E-state index is -3.68. The topological polar surface area (TPSA) is 78.4 Å². The van der Waals surface area contributed by atoms with Crippen LogP contribution in [0, 0.1) is 17.7 Å². The minimum Gasteiger partial charge on any atom is -0.384 e. The molecule has 1 aliphatic rings. The maximum atomic E-state index is 13.1. The molecule has 0 amide bonds. The lowest BCUT2D eigenvalue weighted by atomic mass is 10.2. The molecule has 0 aliphatic heterocycles. The summed E-state index contributed by atoms with van der Waals surface area (Å²) in [4.78, 5) is 0. The van der Waals surface area contributed by atoms with Crippen LogP contribution in [0.5, 0.6) is 0 Å². The molecule has 0 bridgehead atoms. The number of halogens is 1. The van der Waals surface area contributed by atoms with Crippen molar-refractivity contribution in [1.82, 2.24) is 4.72 Å². The van der Waals surface area contributed by atoms with E-state index in [4.69, 9.17) is 5.11 Å². The molecular weight excluding hydrogens is 271 g/mol. The van der Waals surface area contributed by atoms with Crippen molar-refractivity contribution in [3.05, 3.63) is 29.6 Å². The van der Waals surface area contributed by atoms with Gasteiger partial charge in [-0.25, -0.2) is 4.39 Å². The van der Waals surface area contributed by atoms with Gasteiger partial charge in [0.05, 0.1) is 11.3 Å². The summed E-state index contributed by atoms with van der Waals surface area (Å²) in [6.07, 6.45) is 1.64. The summed E-state index contributed by atoms with van der Waals surface area (Å²) in [5.41, 5.74) is 0.353. The molecule has 0 atom stereocenters. The summed E-state index contributed by atoms with van der Waals surface area (Å²) in [5.74, 6) is 4.33. The molecule has 1 saturated carbocycles. The number of aliphatic hydroxyl groups excluding tert-OH is 1. The lowest BCUT2D eigenvalue weighted by Gasteiger charge is -2.10. The van der Waals surface area contributed by atoms with Gasteiger partial charge in [-0.1, -0.05) is 11.8 Å². The standard InChI is InChI=1S/C12H13FN2O3S/c13-10-3-6-12(9(8-10)2-1-7-16)15-19(17,18)14-11-4-5-11/h3,6,8,11,14-16H,4-5,7H2. The highest BCUT2D eigenvalue weighted by atomic mass is 32.2. The number of rotatable bonds is 4. The lowest BCUT2D eigenvalue weighted by Crippen LogP contribution is -2.32. The third-order valence-electron chi connectivity index (χ3n) is 2.43. The van der Waals surface area contributed by atoms with Crippen molar-refractivity contribution in [2.24, 2.45) is 0 Å².